The van der Waals surface area contributed by atoms with Crippen molar-refractivity contribution in [1.29, 1.82) is 0 Å². The van der Waals surface area contributed by atoms with Gasteiger partial charge in [-0.3, -0.25) is 0 Å². The van der Waals surface area contributed by atoms with Gasteiger partial charge in [-0.2, -0.15) is 0 Å². The van der Waals surface area contributed by atoms with Gasteiger partial charge in [-0.25, -0.2) is 4.98 Å². The van der Waals surface area contributed by atoms with Crippen LogP contribution in [0.4, 0.5) is 0 Å². The van der Waals surface area contributed by atoms with Crippen molar-refractivity contribution in [3.63, 3.8) is 0 Å². The van der Waals surface area contributed by atoms with E-state index in [9.17, 15) is 0 Å². The van der Waals surface area contributed by atoms with Crippen LogP contribution in [0.5, 0.6) is 0 Å². The van der Waals surface area contributed by atoms with Crippen molar-refractivity contribution >= 4 is 0 Å². The van der Waals surface area contributed by atoms with Crippen LogP contribution < -0.4 is 5.32 Å². The molecule has 0 aliphatic carbocycles. The van der Waals surface area contributed by atoms with E-state index in [-0.39, 0.29) is 11.5 Å². The zero-order chi connectivity index (χ0) is 14.8. The lowest BCUT2D eigenvalue weighted by Gasteiger charge is -2.24. The van der Waals surface area contributed by atoms with Crippen molar-refractivity contribution < 1.29 is 9.47 Å². The monoisotopic (exact) mass is 281 g/mol. The molecule has 0 amide bonds. The molecule has 5 nitrogen and oxygen atoms in total. The second-order valence-corrected chi connectivity index (χ2v) is 6.43. The molecular weight excluding hydrogens is 254 g/mol. The number of nitrogens with one attached hydrogen (secondary N) is 1. The smallest absolute Gasteiger partial charge is 0.114 e. The Labute approximate surface area is 121 Å². The first kappa shape index (κ1) is 15.5. The van der Waals surface area contributed by atoms with Gasteiger partial charge in [0.25, 0.3) is 0 Å². The maximum atomic E-state index is 5.53. The van der Waals surface area contributed by atoms with Crippen LogP contribution in [-0.4, -0.2) is 43.0 Å². The van der Waals surface area contributed by atoms with Gasteiger partial charge in [-0.15, -0.1) is 0 Å². The molecule has 1 unspecified atom stereocenters. The first-order chi connectivity index (χ1) is 9.47. The van der Waals surface area contributed by atoms with Gasteiger partial charge in [0, 0.05) is 44.8 Å². The zero-order valence-corrected chi connectivity index (χ0v) is 13.3. The van der Waals surface area contributed by atoms with Gasteiger partial charge in [0.1, 0.15) is 5.82 Å². The van der Waals surface area contributed by atoms with E-state index in [0.29, 0.717) is 6.61 Å². The van der Waals surface area contributed by atoms with Crippen LogP contribution in [0.15, 0.2) is 0 Å². The second-order valence-electron chi connectivity index (χ2n) is 6.43. The minimum Gasteiger partial charge on any atom is -0.382 e. The van der Waals surface area contributed by atoms with Gasteiger partial charge in [0.15, 0.2) is 0 Å². The Hall–Kier alpha value is -0.910. The summed E-state index contributed by atoms with van der Waals surface area (Å²) >= 11 is 0. The fraction of sp³-hybridized carbons (Fsp3) is 0.800. The summed E-state index contributed by atoms with van der Waals surface area (Å²) in [6.45, 7) is 9.93. The number of aromatic nitrogens is 2. The standard InChI is InChI=1S/C15H27N3O2/c1-15(2,3)14-17-12-8-16-7-6-13(12)18(14)9-11(20-5)10-19-4/h11,16H,6-10H2,1-5H3. The molecule has 1 aromatic heterocycles. The van der Waals surface area contributed by atoms with Gasteiger partial charge in [-0.1, -0.05) is 20.8 Å². The molecule has 2 heterocycles. The summed E-state index contributed by atoms with van der Waals surface area (Å²) in [4.78, 5) is 4.87. The highest BCUT2D eigenvalue weighted by Gasteiger charge is 2.28. The summed E-state index contributed by atoms with van der Waals surface area (Å²) in [5.41, 5.74) is 2.57. The van der Waals surface area contributed by atoms with E-state index in [0.717, 1.165) is 31.9 Å². The van der Waals surface area contributed by atoms with Crippen molar-refractivity contribution in [3.8, 4) is 0 Å². The Kier molecular flexibility index (Phi) is 4.83. The van der Waals surface area contributed by atoms with E-state index in [4.69, 9.17) is 14.5 Å². The van der Waals surface area contributed by atoms with Crippen LogP contribution in [0.3, 0.4) is 0 Å². The van der Waals surface area contributed by atoms with Crippen molar-refractivity contribution in [2.24, 2.45) is 0 Å². The molecule has 0 aromatic carbocycles. The predicted octanol–water partition coefficient (Wildman–Crippen LogP) is 1.49. The molecule has 0 fully saturated rings. The minimum atomic E-state index is 0.0305. The van der Waals surface area contributed by atoms with Gasteiger partial charge in [0.2, 0.25) is 0 Å². The molecule has 1 aromatic rings. The lowest BCUT2D eigenvalue weighted by molar-refractivity contribution is 0.0170. The molecule has 5 heteroatoms. The van der Waals surface area contributed by atoms with Gasteiger partial charge in [-0.05, 0) is 0 Å². The maximum Gasteiger partial charge on any atom is 0.114 e. The Morgan fingerprint density at radius 2 is 2.10 bits per heavy atom. The van der Waals surface area contributed by atoms with Crippen LogP contribution in [0, 0.1) is 0 Å². The lowest BCUT2D eigenvalue weighted by atomic mass is 9.95. The fourth-order valence-electron chi connectivity index (χ4n) is 2.72. The summed E-state index contributed by atoms with van der Waals surface area (Å²) in [6, 6.07) is 0. The van der Waals surface area contributed by atoms with E-state index >= 15 is 0 Å². The first-order valence-electron chi connectivity index (χ1n) is 7.28. The van der Waals surface area contributed by atoms with E-state index in [2.05, 4.69) is 30.7 Å². The molecule has 0 bridgehead atoms. The normalized spacial score (nSPS) is 17.1. The van der Waals surface area contributed by atoms with E-state index < -0.39 is 0 Å². The quantitative estimate of drug-likeness (QED) is 0.888. The number of methoxy groups -OCH3 is 2. The van der Waals surface area contributed by atoms with Crippen LogP contribution in [0.25, 0.3) is 0 Å². The average molecular weight is 281 g/mol. The first-order valence-corrected chi connectivity index (χ1v) is 7.28. The summed E-state index contributed by atoms with van der Waals surface area (Å²) < 4.78 is 13.1. The molecule has 0 spiro atoms. The minimum absolute atomic E-state index is 0.0305. The van der Waals surface area contributed by atoms with Gasteiger partial charge >= 0.3 is 0 Å². The molecule has 1 aliphatic rings. The summed E-state index contributed by atoms with van der Waals surface area (Å²) in [5.74, 6) is 1.14. The van der Waals surface area contributed by atoms with Gasteiger partial charge < -0.3 is 19.4 Å². The van der Waals surface area contributed by atoms with Crippen LogP contribution in [0.2, 0.25) is 0 Å². The lowest BCUT2D eigenvalue weighted by Crippen LogP contribution is -2.30. The van der Waals surface area contributed by atoms with E-state index in [1.165, 1.54) is 11.4 Å². The van der Waals surface area contributed by atoms with Crippen molar-refractivity contribution in [3.05, 3.63) is 17.2 Å². The van der Waals surface area contributed by atoms with Crippen molar-refractivity contribution in [1.82, 2.24) is 14.9 Å². The summed E-state index contributed by atoms with van der Waals surface area (Å²) in [7, 11) is 3.45. The average Bonchev–Trinajstić information content (AvgIpc) is 2.77. The third-order valence-corrected chi connectivity index (χ3v) is 3.73. The fourth-order valence-corrected chi connectivity index (χ4v) is 2.72. The molecule has 114 valence electrons. The third kappa shape index (κ3) is 3.22. The van der Waals surface area contributed by atoms with E-state index in [1.54, 1.807) is 14.2 Å². The van der Waals surface area contributed by atoms with Crippen LogP contribution in [0.1, 0.15) is 38.0 Å². The van der Waals surface area contributed by atoms with Gasteiger partial charge in [0.05, 0.1) is 24.9 Å². The highest BCUT2D eigenvalue weighted by atomic mass is 16.5. The van der Waals surface area contributed by atoms with Crippen molar-refractivity contribution in [2.75, 3.05) is 27.4 Å². The molecule has 0 saturated heterocycles. The number of ether oxygens (including phenoxy) is 2. The van der Waals surface area contributed by atoms with E-state index in [1.807, 2.05) is 0 Å². The highest BCUT2D eigenvalue weighted by molar-refractivity contribution is 5.23. The molecule has 0 radical (unpaired) electrons. The molecule has 1 N–H and O–H groups in total. The second kappa shape index (κ2) is 6.24. The summed E-state index contributed by atoms with van der Waals surface area (Å²) in [6.07, 6.45) is 1.09. The molecular formula is C15H27N3O2. The number of fused-ring (bicyclic) bond motifs is 1. The molecule has 0 saturated carbocycles. The largest absolute Gasteiger partial charge is 0.382 e. The SMILES string of the molecule is COCC(Cn1c(C(C)(C)C)nc2c1CCNC2)OC. The maximum absolute atomic E-state index is 5.53. The van der Waals surface area contributed by atoms with Crippen LogP contribution >= 0.6 is 0 Å². The predicted molar refractivity (Wildman–Crippen MR) is 79.0 cm³/mol. The Bertz CT molecular complexity index is 449. The van der Waals surface area contributed by atoms with Crippen LogP contribution in [-0.2, 0) is 34.4 Å². The van der Waals surface area contributed by atoms with Crippen molar-refractivity contribution in [2.45, 2.75) is 51.8 Å². The topological polar surface area (TPSA) is 48.3 Å². The Morgan fingerprint density at radius 1 is 1.35 bits per heavy atom. The molecule has 1 atom stereocenters. The molecule has 2 rings (SSSR count). The number of hydrogen-bond acceptors (Lipinski definition) is 4. The summed E-state index contributed by atoms with van der Waals surface area (Å²) in [5, 5.41) is 3.39. The number of hydrogen-bond donors (Lipinski definition) is 1. The zero-order valence-electron chi connectivity index (χ0n) is 13.3. The number of nitrogens with zero attached hydrogens (tertiary/aromatic N) is 2. The molecule has 1 aliphatic heterocycles. The number of rotatable bonds is 5. The molecule has 20 heavy (non-hydrogen) atoms. The highest BCUT2D eigenvalue weighted by Crippen LogP contribution is 2.26. The third-order valence-electron chi connectivity index (χ3n) is 3.73. The Morgan fingerprint density at radius 3 is 2.70 bits per heavy atom. The number of imidazole rings is 1. The Balaban J connectivity index is 2.35.